The average Bonchev–Trinajstić information content (AvgIpc) is 3.55. The number of carbonyl (C=O) groups excluding carboxylic acids is 1. The first-order chi connectivity index (χ1) is 18.5. The molecule has 0 aliphatic heterocycles. The van der Waals surface area contributed by atoms with Gasteiger partial charge in [0.2, 0.25) is 11.6 Å². The second-order valence-electron chi connectivity index (χ2n) is 7.83. The molecule has 0 radical (unpaired) electrons. The molecule has 0 fully saturated rings. The molecule has 3 aromatic carbocycles. The van der Waals surface area contributed by atoms with Crippen LogP contribution in [0.15, 0.2) is 82.5 Å². The van der Waals surface area contributed by atoms with Crippen LogP contribution in [-0.4, -0.2) is 37.4 Å². The number of rotatable bonds is 8. The molecule has 0 saturated carbocycles. The molecule has 5 aromatic rings. The number of carbonyl (C=O) groups is 1. The van der Waals surface area contributed by atoms with Gasteiger partial charge in [0.15, 0.2) is 5.69 Å². The maximum atomic E-state index is 13.2. The largest absolute Gasteiger partial charge is 0.489 e. The van der Waals surface area contributed by atoms with E-state index in [1.807, 2.05) is 18.2 Å². The predicted molar refractivity (Wildman–Crippen MR) is 141 cm³/mol. The van der Waals surface area contributed by atoms with Gasteiger partial charge >= 0.3 is 0 Å². The molecule has 3 N–H and O–H groups in total. The Labute approximate surface area is 225 Å². The summed E-state index contributed by atoms with van der Waals surface area (Å²) >= 11 is 12.2. The summed E-state index contributed by atoms with van der Waals surface area (Å²) in [6.45, 7) is 0.257. The molecule has 0 unspecified atom stereocenters. The zero-order valence-corrected chi connectivity index (χ0v) is 21.0. The fraction of sp³-hybridized carbons (Fsp3) is 0.0400. The number of hydrogen-bond acceptors (Lipinski definition) is 9. The van der Waals surface area contributed by atoms with Crippen molar-refractivity contribution in [1.29, 1.82) is 0 Å². The number of aromatic nitrogens is 5. The average molecular weight is 549 g/mol. The number of halogens is 2. The van der Waals surface area contributed by atoms with E-state index in [9.17, 15) is 4.79 Å². The first-order valence-corrected chi connectivity index (χ1v) is 11.8. The topological polar surface area (TPSA) is 146 Å². The van der Waals surface area contributed by atoms with E-state index >= 15 is 0 Å². The molecular formula is C25H18Cl2N8O3. The van der Waals surface area contributed by atoms with E-state index in [0.29, 0.717) is 32.6 Å². The van der Waals surface area contributed by atoms with Gasteiger partial charge in [-0.3, -0.25) is 4.79 Å². The predicted octanol–water partition coefficient (Wildman–Crippen LogP) is 4.55. The fourth-order valence-electron chi connectivity index (χ4n) is 3.46. The molecule has 190 valence electrons. The van der Waals surface area contributed by atoms with Crippen LogP contribution < -0.4 is 15.9 Å². The normalized spacial score (nSPS) is 11.1. The molecule has 0 saturated heterocycles. The van der Waals surface area contributed by atoms with Gasteiger partial charge in [-0.05, 0) is 40.1 Å². The van der Waals surface area contributed by atoms with Crippen molar-refractivity contribution < 1.29 is 14.2 Å². The molecule has 2 aromatic heterocycles. The van der Waals surface area contributed by atoms with Crippen molar-refractivity contribution in [2.24, 2.45) is 5.10 Å². The van der Waals surface area contributed by atoms with Gasteiger partial charge in [0.1, 0.15) is 18.1 Å². The Morgan fingerprint density at radius 1 is 1.08 bits per heavy atom. The Kier molecular flexibility index (Phi) is 7.29. The molecule has 0 aliphatic carbocycles. The van der Waals surface area contributed by atoms with Crippen LogP contribution in [0.4, 0.5) is 5.82 Å². The van der Waals surface area contributed by atoms with Crippen LogP contribution in [0.2, 0.25) is 10.0 Å². The molecule has 11 nitrogen and oxygen atoms in total. The quantitative estimate of drug-likeness (QED) is 0.212. The summed E-state index contributed by atoms with van der Waals surface area (Å²) in [5, 5.41) is 20.6. The SMILES string of the molecule is Nc1nonc1-n1nnc(-c2ccccc2)c1C(=O)N/N=C/c1cccc(OCc2ccc(Cl)cc2Cl)c1. The smallest absolute Gasteiger partial charge is 0.292 e. The maximum absolute atomic E-state index is 13.2. The van der Waals surface area contributed by atoms with Crippen molar-refractivity contribution in [3.05, 3.63) is 99.7 Å². The molecule has 13 heteroatoms. The fourth-order valence-corrected chi connectivity index (χ4v) is 3.93. The Morgan fingerprint density at radius 2 is 1.92 bits per heavy atom. The first kappa shape index (κ1) is 24.9. The summed E-state index contributed by atoms with van der Waals surface area (Å²) in [6, 6.07) is 21.4. The Bertz CT molecular complexity index is 1620. The van der Waals surface area contributed by atoms with Gasteiger partial charge in [0, 0.05) is 21.2 Å². The van der Waals surface area contributed by atoms with Crippen LogP contribution in [0.1, 0.15) is 21.6 Å². The monoisotopic (exact) mass is 548 g/mol. The van der Waals surface area contributed by atoms with Crippen molar-refractivity contribution in [2.75, 3.05) is 5.73 Å². The van der Waals surface area contributed by atoms with Gasteiger partial charge in [-0.15, -0.1) is 5.10 Å². The highest BCUT2D eigenvalue weighted by Crippen LogP contribution is 2.25. The van der Waals surface area contributed by atoms with Crippen LogP contribution in [-0.2, 0) is 6.61 Å². The van der Waals surface area contributed by atoms with Crippen LogP contribution in [0.25, 0.3) is 17.1 Å². The molecule has 0 spiro atoms. The Balaban J connectivity index is 1.33. The number of benzene rings is 3. The van der Waals surface area contributed by atoms with Gasteiger partial charge in [0.25, 0.3) is 5.91 Å². The van der Waals surface area contributed by atoms with Crippen molar-refractivity contribution in [2.45, 2.75) is 6.61 Å². The molecule has 0 atom stereocenters. The molecular weight excluding hydrogens is 531 g/mol. The standard InChI is InChI=1S/C25H18Cl2N8O3/c26-18-10-9-17(20(27)12-18)14-37-19-8-4-5-15(11-19)13-29-31-25(36)22-21(16-6-2-1-3-7-16)30-34-35(22)24-23(28)32-38-33-24/h1-13H,14H2,(H2,28,32)(H,31,36)/b29-13+. The van der Waals surface area contributed by atoms with E-state index < -0.39 is 5.91 Å². The first-order valence-electron chi connectivity index (χ1n) is 11.1. The third-order valence-corrected chi connectivity index (χ3v) is 5.86. The lowest BCUT2D eigenvalue weighted by atomic mass is 10.1. The number of nitrogen functional groups attached to an aromatic ring is 1. The van der Waals surface area contributed by atoms with Gasteiger partial charge in [-0.25, -0.2) is 10.1 Å². The van der Waals surface area contributed by atoms with Crippen molar-refractivity contribution >= 4 is 41.1 Å². The van der Waals surface area contributed by atoms with Crippen LogP contribution in [0.3, 0.4) is 0 Å². The number of anilines is 1. The number of hydrazone groups is 1. The molecule has 38 heavy (non-hydrogen) atoms. The third-order valence-electron chi connectivity index (χ3n) is 5.28. The van der Waals surface area contributed by atoms with Crippen LogP contribution in [0, 0.1) is 0 Å². The summed E-state index contributed by atoms with van der Waals surface area (Å²) in [5.74, 6) is -0.0329. The number of amides is 1. The van der Waals surface area contributed by atoms with Gasteiger partial charge < -0.3 is 10.5 Å². The third kappa shape index (κ3) is 5.48. The Hall–Kier alpha value is -4.74. The highest BCUT2D eigenvalue weighted by Gasteiger charge is 2.25. The minimum absolute atomic E-state index is 0.0273. The molecule has 5 rings (SSSR count). The number of nitrogens with one attached hydrogen (secondary N) is 1. The van der Waals surface area contributed by atoms with Gasteiger partial charge in [0.05, 0.1) is 6.21 Å². The van der Waals surface area contributed by atoms with Crippen molar-refractivity contribution in [1.82, 2.24) is 30.7 Å². The summed E-state index contributed by atoms with van der Waals surface area (Å²) in [6.07, 6.45) is 1.47. The van der Waals surface area contributed by atoms with E-state index in [2.05, 4.69) is 35.8 Å². The van der Waals surface area contributed by atoms with Gasteiger partial charge in [-0.1, -0.05) is 76.9 Å². The summed E-state index contributed by atoms with van der Waals surface area (Å²) in [4.78, 5) is 13.2. The summed E-state index contributed by atoms with van der Waals surface area (Å²) < 4.78 is 11.7. The highest BCUT2D eigenvalue weighted by molar-refractivity contribution is 6.35. The Morgan fingerprint density at radius 3 is 2.68 bits per heavy atom. The highest BCUT2D eigenvalue weighted by atomic mass is 35.5. The minimum atomic E-state index is -0.600. The molecule has 0 aliphatic rings. The maximum Gasteiger partial charge on any atom is 0.292 e. The van der Waals surface area contributed by atoms with Crippen molar-refractivity contribution in [3.8, 4) is 22.8 Å². The number of hydrogen-bond donors (Lipinski definition) is 2. The lowest BCUT2D eigenvalue weighted by Gasteiger charge is -2.08. The minimum Gasteiger partial charge on any atom is -0.489 e. The zero-order valence-electron chi connectivity index (χ0n) is 19.5. The van der Waals surface area contributed by atoms with E-state index in [-0.39, 0.29) is 23.9 Å². The molecule has 2 heterocycles. The number of ether oxygens (including phenoxy) is 1. The van der Waals surface area contributed by atoms with Gasteiger partial charge in [-0.2, -0.15) is 9.78 Å². The van der Waals surface area contributed by atoms with E-state index in [4.69, 9.17) is 33.7 Å². The second-order valence-corrected chi connectivity index (χ2v) is 8.68. The molecule has 0 bridgehead atoms. The van der Waals surface area contributed by atoms with E-state index in [1.165, 1.54) is 6.21 Å². The number of nitrogens with two attached hydrogens (primary N) is 1. The lowest BCUT2D eigenvalue weighted by molar-refractivity contribution is 0.0948. The molecule has 1 amide bonds. The van der Waals surface area contributed by atoms with Crippen LogP contribution in [0.5, 0.6) is 5.75 Å². The number of nitrogens with zero attached hydrogens (tertiary/aromatic N) is 6. The lowest BCUT2D eigenvalue weighted by Crippen LogP contribution is -2.22. The van der Waals surface area contributed by atoms with E-state index in [1.54, 1.807) is 54.6 Å². The summed E-state index contributed by atoms with van der Waals surface area (Å²) in [7, 11) is 0. The second kappa shape index (κ2) is 11.1. The van der Waals surface area contributed by atoms with E-state index in [0.717, 1.165) is 10.2 Å². The van der Waals surface area contributed by atoms with Crippen LogP contribution >= 0.6 is 23.2 Å². The van der Waals surface area contributed by atoms with Crippen molar-refractivity contribution in [3.63, 3.8) is 0 Å². The summed E-state index contributed by atoms with van der Waals surface area (Å²) in [5.41, 5.74) is 10.8. The zero-order chi connectivity index (χ0) is 26.5.